The molecular formula is C24H31N3O3. The van der Waals surface area contributed by atoms with Crippen molar-refractivity contribution in [2.75, 3.05) is 19.6 Å². The third-order valence-electron chi connectivity index (χ3n) is 6.62. The van der Waals surface area contributed by atoms with E-state index in [0.29, 0.717) is 31.8 Å². The monoisotopic (exact) mass is 409 g/mol. The molecular weight excluding hydrogens is 378 g/mol. The van der Waals surface area contributed by atoms with E-state index < -0.39 is 11.6 Å². The Morgan fingerprint density at radius 2 is 1.90 bits per heavy atom. The van der Waals surface area contributed by atoms with Gasteiger partial charge in [0.05, 0.1) is 0 Å². The minimum absolute atomic E-state index is 0.0217. The quantitative estimate of drug-likeness (QED) is 0.778. The maximum absolute atomic E-state index is 13.2. The lowest BCUT2D eigenvalue weighted by Crippen LogP contribution is -2.54. The topological polar surface area (TPSA) is 69.7 Å². The molecule has 6 heteroatoms. The Balaban J connectivity index is 1.42. The highest BCUT2D eigenvalue weighted by Gasteiger charge is 2.56. The molecule has 1 aliphatic carbocycles. The van der Waals surface area contributed by atoms with Crippen LogP contribution in [-0.4, -0.2) is 52.8 Å². The highest BCUT2D eigenvalue weighted by Crippen LogP contribution is 2.46. The van der Waals surface area contributed by atoms with E-state index in [9.17, 15) is 14.4 Å². The summed E-state index contributed by atoms with van der Waals surface area (Å²) in [6.45, 7) is 7.32. The first kappa shape index (κ1) is 20.6. The Hall–Kier alpha value is -2.63. The number of rotatable bonds is 3. The van der Waals surface area contributed by atoms with Crippen LogP contribution in [0.15, 0.2) is 36.4 Å². The molecule has 1 aromatic carbocycles. The number of carbonyl (C=O) groups is 3. The normalized spacial score (nSPS) is 28.5. The second-order valence-corrected chi connectivity index (χ2v) is 9.94. The van der Waals surface area contributed by atoms with Gasteiger partial charge < -0.3 is 10.2 Å². The third-order valence-corrected chi connectivity index (χ3v) is 6.62. The first-order valence-electron chi connectivity index (χ1n) is 10.9. The molecule has 30 heavy (non-hydrogen) atoms. The summed E-state index contributed by atoms with van der Waals surface area (Å²) in [5.74, 6) is -0.0719. The Bertz CT molecular complexity index is 892. The first-order valence-corrected chi connectivity index (χ1v) is 10.9. The van der Waals surface area contributed by atoms with Gasteiger partial charge in [0, 0.05) is 13.1 Å². The molecule has 0 radical (unpaired) electrons. The summed E-state index contributed by atoms with van der Waals surface area (Å²) in [4.78, 5) is 41.6. The van der Waals surface area contributed by atoms with Gasteiger partial charge in [-0.2, -0.15) is 0 Å². The second kappa shape index (κ2) is 7.56. The van der Waals surface area contributed by atoms with E-state index in [1.165, 1.54) is 11.1 Å². The van der Waals surface area contributed by atoms with Gasteiger partial charge in [-0.3, -0.25) is 14.5 Å². The fourth-order valence-electron chi connectivity index (χ4n) is 5.69. The lowest BCUT2D eigenvalue weighted by Gasteiger charge is -2.43. The van der Waals surface area contributed by atoms with Crippen LogP contribution >= 0.6 is 0 Å². The molecule has 2 fully saturated rings. The highest BCUT2D eigenvalue weighted by molar-refractivity contribution is 6.09. The number of amides is 4. The molecule has 0 unspecified atom stereocenters. The molecule has 4 amide bonds. The minimum atomic E-state index is -0.860. The molecule has 2 aliphatic heterocycles. The molecule has 0 aromatic heterocycles. The Kier molecular flexibility index (Phi) is 5.20. The summed E-state index contributed by atoms with van der Waals surface area (Å²) in [5, 5.41) is 2.95. The van der Waals surface area contributed by atoms with Crippen LogP contribution in [0.1, 0.15) is 52.0 Å². The molecule has 1 aromatic rings. The summed E-state index contributed by atoms with van der Waals surface area (Å²) in [5.41, 5.74) is 1.52. The van der Waals surface area contributed by atoms with Crippen LogP contribution in [0.5, 0.6) is 0 Å². The van der Waals surface area contributed by atoms with Crippen molar-refractivity contribution in [2.24, 2.45) is 11.3 Å². The number of nitrogens with one attached hydrogen (secondary N) is 1. The number of nitrogens with zero attached hydrogens (tertiary/aromatic N) is 2. The van der Waals surface area contributed by atoms with Crippen molar-refractivity contribution in [3.63, 3.8) is 0 Å². The molecule has 1 spiro atoms. The number of hydrogen-bond donors (Lipinski definition) is 1. The van der Waals surface area contributed by atoms with E-state index in [1.54, 1.807) is 4.90 Å². The van der Waals surface area contributed by atoms with E-state index in [0.717, 1.165) is 17.7 Å². The molecule has 3 aliphatic rings. The predicted octanol–water partition coefficient (Wildman–Crippen LogP) is 3.44. The first-order chi connectivity index (χ1) is 14.2. The lowest BCUT2D eigenvalue weighted by molar-refractivity contribution is -0.140. The number of imide groups is 1. The van der Waals surface area contributed by atoms with Crippen LogP contribution in [0, 0.1) is 11.3 Å². The van der Waals surface area contributed by atoms with Crippen molar-refractivity contribution in [3.05, 3.63) is 42.0 Å². The van der Waals surface area contributed by atoms with E-state index in [-0.39, 0.29) is 23.8 Å². The van der Waals surface area contributed by atoms with Crippen LogP contribution in [0.2, 0.25) is 0 Å². The zero-order chi connectivity index (χ0) is 21.5. The van der Waals surface area contributed by atoms with Crippen molar-refractivity contribution in [1.29, 1.82) is 0 Å². The Morgan fingerprint density at radius 3 is 2.53 bits per heavy atom. The van der Waals surface area contributed by atoms with Gasteiger partial charge in [-0.05, 0) is 48.2 Å². The summed E-state index contributed by atoms with van der Waals surface area (Å²) >= 11 is 0. The average Bonchev–Trinajstić information content (AvgIpc) is 2.90. The van der Waals surface area contributed by atoms with Gasteiger partial charge in [0.25, 0.3) is 5.91 Å². The predicted molar refractivity (Wildman–Crippen MR) is 115 cm³/mol. The van der Waals surface area contributed by atoms with E-state index in [2.05, 4.69) is 44.3 Å². The van der Waals surface area contributed by atoms with Gasteiger partial charge in [0.2, 0.25) is 5.91 Å². The smallest absolute Gasteiger partial charge is 0.325 e. The fourth-order valence-corrected chi connectivity index (χ4v) is 5.69. The number of urea groups is 1. The van der Waals surface area contributed by atoms with Crippen molar-refractivity contribution >= 4 is 23.4 Å². The van der Waals surface area contributed by atoms with Crippen molar-refractivity contribution in [3.8, 4) is 0 Å². The molecule has 0 bridgehead atoms. The van der Waals surface area contributed by atoms with E-state index >= 15 is 0 Å². The van der Waals surface area contributed by atoms with Crippen LogP contribution in [0.25, 0.3) is 5.57 Å². The summed E-state index contributed by atoms with van der Waals surface area (Å²) in [6, 6.07) is 9.71. The third kappa shape index (κ3) is 3.87. The number of benzene rings is 1. The van der Waals surface area contributed by atoms with Gasteiger partial charge in [-0.1, -0.05) is 57.2 Å². The van der Waals surface area contributed by atoms with Crippen LogP contribution < -0.4 is 5.32 Å². The molecule has 2 heterocycles. The molecule has 1 saturated heterocycles. The van der Waals surface area contributed by atoms with Crippen molar-refractivity contribution < 1.29 is 14.4 Å². The van der Waals surface area contributed by atoms with Gasteiger partial charge in [0.15, 0.2) is 0 Å². The Morgan fingerprint density at radius 1 is 1.17 bits per heavy atom. The molecule has 4 rings (SSSR count). The summed E-state index contributed by atoms with van der Waals surface area (Å²) < 4.78 is 0. The number of carbonyl (C=O) groups excluding carboxylic acids is 3. The summed E-state index contributed by atoms with van der Waals surface area (Å²) in [7, 11) is 0. The van der Waals surface area contributed by atoms with Crippen LogP contribution in [0.4, 0.5) is 4.79 Å². The molecule has 1 saturated carbocycles. The molecule has 1 N–H and O–H groups in total. The average molecular weight is 410 g/mol. The molecule has 2 atom stereocenters. The van der Waals surface area contributed by atoms with Crippen molar-refractivity contribution in [2.45, 2.75) is 52.0 Å². The zero-order valence-corrected chi connectivity index (χ0v) is 18.1. The maximum Gasteiger partial charge on any atom is 0.325 e. The van der Waals surface area contributed by atoms with E-state index in [4.69, 9.17) is 0 Å². The SMILES string of the molecule is C[C@@H]1CC(C)(C)C[C@]2(C1)NC(=O)N(CC(=O)N1CC=C(c3ccccc3)CC1)C2=O. The Labute approximate surface area is 178 Å². The lowest BCUT2D eigenvalue weighted by atomic mass is 9.64. The summed E-state index contributed by atoms with van der Waals surface area (Å²) in [6.07, 6.45) is 5.12. The van der Waals surface area contributed by atoms with Gasteiger partial charge in [-0.15, -0.1) is 0 Å². The fraction of sp³-hybridized carbons (Fsp3) is 0.542. The maximum atomic E-state index is 13.2. The minimum Gasteiger partial charge on any atom is -0.337 e. The van der Waals surface area contributed by atoms with Gasteiger partial charge >= 0.3 is 6.03 Å². The van der Waals surface area contributed by atoms with Gasteiger partial charge in [0.1, 0.15) is 12.1 Å². The van der Waals surface area contributed by atoms with Crippen LogP contribution in [0.3, 0.4) is 0 Å². The highest BCUT2D eigenvalue weighted by atomic mass is 16.2. The zero-order valence-electron chi connectivity index (χ0n) is 18.1. The van der Waals surface area contributed by atoms with Crippen molar-refractivity contribution in [1.82, 2.24) is 15.1 Å². The largest absolute Gasteiger partial charge is 0.337 e. The number of hydrogen-bond acceptors (Lipinski definition) is 3. The second-order valence-electron chi connectivity index (χ2n) is 9.94. The van der Waals surface area contributed by atoms with Crippen LogP contribution in [-0.2, 0) is 9.59 Å². The van der Waals surface area contributed by atoms with E-state index in [1.807, 2.05) is 18.2 Å². The molecule has 160 valence electrons. The standard InChI is InChI=1S/C24H31N3O3/c1-17-13-23(2,3)16-24(14-17)21(29)27(22(30)25-24)15-20(28)26-11-9-19(10-12-26)18-7-5-4-6-8-18/h4-9,17H,10-16H2,1-3H3,(H,25,30)/t17-,24+/m1/s1. The van der Waals surface area contributed by atoms with Gasteiger partial charge in [-0.25, -0.2) is 4.79 Å². The molecule has 6 nitrogen and oxygen atoms in total.